The summed E-state index contributed by atoms with van der Waals surface area (Å²) in [6.45, 7) is 2.05. The lowest BCUT2D eigenvalue weighted by molar-refractivity contribution is 0.302. The fraction of sp³-hybridized carbons (Fsp3) is 0.571. The molecule has 0 unspecified atom stereocenters. The van der Waals surface area contributed by atoms with Gasteiger partial charge in [0.1, 0.15) is 0 Å². The molecule has 50 valence electrons. The smallest absolute Gasteiger partial charge is 0.0943 e. The van der Waals surface area contributed by atoms with Crippen molar-refractivity contribution in [2.45, 2.75) is 19.8 Å². The normalized spacial score (nSPS) is 11.0. The van der Waals surface area contributed by atoms with Crippen molar-refractivity contribution in [3.05, 3.63) is 11.6 Å². The molecule has 0 aliphatic heterocycles. The quantitative estimate of drug-likeness (QED) is 0.576. The van der Waals surface area contributed by atoms with E-state index in [9.17, 15) is 0 Å². The summed E-state index contributed by atoms with van der Waals surface area (Å²) in [5.74, 6) is 0. The molecule has 9 heavy (non-hydrogen) atoms. The molecule has 0 aromatic heterocycles. The van der Waals surface area contributed by atoms with E-state index in [4.69, 9.17) is 10.4 Å². The topological polar surface area (TPSA) is 44.0 Å². The van der Waals surface area contributed by atoms with Crippen LogP contribution in [0.4, 0.5) is 0 Å². The van der Waals surface area contributed by atoms with Crippen LogP contribution in [-0.2, 0) is 0 Å². The Bertz CT molecular complexity index is 132. The van der Waals surface area contributed by atoms with Crippen molar-refractivity contribution in [3.63, 3.8) is 0 Å². The third-order valence-corrected chi connectivity index (χ3v) is 1.04. The van der Waals surface area contributed by atoms with E-state index in [0.29, 0.717) is 6.42 Å². The van der Waals surface area contributed by atoms with Gasteiger partial charge in [-0.15, -0.1) is 0 Å². The van der Waals surface area contributed by atoms with E-state index >= 15 is 0 Å². The number of nitrogens with zero attached hydrogens (tertiary/aromatic N) is 1. The Kier molecular flexibility index (Phi) is 4.85. The molecule has 0 radical (unpaired) electrons. The van der Waals surface area contributed by atoms with E-state index in [1.165, 1.54) is 0 Å². The molecule has 2 nitrogen and oxygen atoms in total. The number of hydrogen-bond donors (Lipinski definition) is 1. The van der Waals surface area contributed by atoms with Gasteiger partial charge in [-0.2, -0.15) is 5.26 Å². The van der Waals surface area contributed by atoms with Crippen LogP contribution in [0.3, 0.4) is 0 Å². The minimum Gasteiger partial charge on any atom is -0.396 e. The van der Waals surface area contributed by atoms with Gasteiger partial charge in [0.25, 0.3) is 0 Å². The molecule has 0 spiro atoms. The van der Waals surface area contributed by atoms with Crippen LogP contribution in [0.1, 0.15) is 19.8 Å². The van der Waals surface area contributed by atoms with E-state index in [-0.39, 0.29) is 6.61 Å². The van der Waals surface area contributed by atoms with Gasteiger partial charge in [-0.3, -0.25) is 0 Å². The Balaban J connectivity index is 3.66. The van der Waals surface area contributed by atoms with Crippen LogP contribution >= 0.6 is 0 Å². The maximum Gasteiger partial charge on any atom is 0.0943 e. The van der Waals surface area contributed by atoms with Crippen molar-refractivity contribution in [3.8, 4) is 6.07 Å². The summed E-state index contributed by atoms with van der Waals surface area (Å²) in [6, 6.07) is 2.04. The lowest BCUT2D eigenvalue weighted by Gasteiger charge is -1.88. The maximum absolute atomic E-state index is 8.35. The molecule has 0 bridgehead atoms. The average molecular weight is 125 g/mol. The first-order chi connectivity index (χ1) is 4.35. The molecule has 0 rings (SSSR count). The van der Waals surface area contributed by atoms with E-state index in [2.05, 4.69) is 0 Å². The van der Waals surface area contributed by atoms with Crippen LogP contribution in [0, 0.1) is 11.3 Å². The van der Waals surface area contributed by atoms with Crippen LogP contribution < -0.4 is 0 Å². The molecule has 0 heterocycles. The number of rotatable bonds is 3. The van der Waals surface area contributed by atoms with Crippen LogP contribution in [0.5, 0.6) is 0 Å². The second kappa shape index (κ2) is 5.33. The summed E-state index contributed by atoms with van der Waals surface area (Å²) < 4.78 is 0. The molecule has 0 aliphatic rings. The number of hydrogen-bond acceptors (Lipinski definition) is 2. The molecule has 0 aromatic rings. The lowest BCUT2D eigenvalue weighted by atomic mass is 10.2. The Labute approximate surface area is 55.4 Å². The van der Waals surface area contributed by atoms with Crippen molar-refractivity contribution in [2.24, 2.45) is 0 Å². The molecule has 0 fully saturated rings. The van der Waals surface area contributed by atoms with Crippen LogP contribution in [-0.4, -0.2) is 11.7 Å². The maximum atomic E-state index is 8.35. The van der Waals surface area contributed by atoms with E-state index < -0.39 is 0 Å². The van der Waals surface area contributed by atoms with E-state index in [1.54, 1.807) is 6.08 Å². The molecule has 0 saturated heterocycles. The SMILES string of the molecule is CC/C(C#N)=C/CCO. The minimum absolute atomic E-state index is 0.130. The summed E-state index contributed by atoms with van der Waals surface area (Å²) >= 11 is 0. The van der Waals surface area contributed by atoms with E-state index in [0.717, 1.165) is 12.0 Å². The van der Waals surface area contributed by atoms with Gasteiger partial charge in [0.15, 0.2) is 0 Å². The van der Waals surface area contributed by atoms with Gasteiger partial charge in [0.05, 0.1) is 6.07 Å². The molecule has 2 heteroatoms. The summed E-state index contributed by atoms with van der Waals surface area (Å²) in [7, 11) is 0. The number of allylic oxidation sites excluding steroid dienone is 1. The Morgan fingerprint density at radius 1 is 1.78 bits per heavy atom. The number of aliphatic hydroxyl groups excluding tert-OH is 1. The monoisotopic (exact) mass is 125 g/mol. The molecule has 0 aromatic carbocycles. The van der Waals surface area contributed by atoms with Crippen molar-refractivity contribution in [1.82, 2.24) is 0 Å². The summed E-state index contributed by atoms with van der Waals surface area (Å²) in [5.41, 5.74) is 0.754. The zero-order valence-corrected chi connectivity index (χ0v) is 5.59. The number of aliphatic hydroxyl groups is 1. The van der Waals surface area contributed by atoms with Crippen molar-refractivity contribution in [2.75, 3.05) is 6.61 Å². The minimum atomic E-state index is 0.130. The fourth-order valence-corrected chi connectivity index (χ4v) is 0.508. The van der Waals surface area contributed by atoms with Gasteiger partial charge in [-0.1, -0.05) is 13.0 Å². The molecule has 0 saturated carbocycles. The Hall–Kier alpha value is -0.810. The molecule has 0 aliphatic carbocycles. The second-order valence-corrected chi connectivity index (χ2v) is 1.71. The van der Waals surface area contributed by atoms with Gasteiger partial charge >= 0.3 is 0 Å². The lowest BCUT2D eigenvalue weighted by Crippen LogP contribution is -1.80. The molecular formula is C7H11NO. The van der Waals surface area contributed by atoms with Crippen molar-refractivity contribution in [1.29, 1.82) is 5.26 Å². The van der Waals surface area contributed by atoms with Gasteiger partial charge in [0.2, 0.25) is 0 Å². The fourth-order valence-electron chi connectivity index (χ4n) is 0.508. The van der Waals surface area contributed by atoms with Crippen LogP contribution in [0.15, 0.2) is 11.6 Å². The summed E-state index contributed by atoms with van der Waals surface area (Å²) in [6.07, 6.45) is 3.12. The highest BCUT2D eigenvalue weighted by Crippen LogP contribution is 1.98. The first-order valence-corrected chi connectivity index (χ1v) is 3.05. The van der Waals surface area contributed by atoms with Crippen LogP contribution in [0.2, 0.25) is 0 Å². The summed E-state index contributed by atoms with van der Waals surface area (Å²) in [4.78, 5) is 0. The third-order valence-electron chi connectivity index (χ3n) is 1.04. The highest BCUT2D eigenvalue weighted by atomic mass is 16.2. The Morgan fingerprint density at radius 2 is 2.44 bits per heavy atom. The van der Waals surface area contributed by atoms with E-state index in [1.807, 2.05) is 13.0 Å². The number of nitriles is 1. The Morgan fingerprint density at radius 3 is 2.78 bits per heavy atom. The van der Waals surface area contributed by atoms with Gasteiger partial charge in [-0.05, 0) is 12.8 Å². The predicted octanol–water partition coefficient (Wildman–Crippen LogP) is 1.23. The molecular weight excluding hydrogens is 114 g/mol. The van der Waals surface area contributed by atoms with Crippen molar-refractivity contribution >= 4 is 0 Å². The first-order valence-electron chi connectivity index (χ1n) is 3.05. The second-order valence-electron chi connectivity index (χ2n) is 1.71. The molecule has 0 atom stereocenters. The van der Waals surface area contributed by atoms with Gasteiger partial charge in [-0.25, -0.2) is 0 Å². The zero-order chi connectivity index (χ0) is 7.11. The molecule has 1 N–H and O–H groups in total. The zero-order valence-electron chi connectivity index (χ0n) is 5.59. The predicted molar refractivity (Wildman–Crippen MR) is 35.7 cm³/mol. The third kappa shape index (κ3) is 3.75. The first kappa shape index (κ1) is 8.19. The summed E-state index contributed by atoms with van der Waals surface area (Å²) in [5, 5.41) is 16.7. The largest absolute Gasteiger partial charge is 0.396 e. The highest BCUT2D eigenvalue weighted by Gasteiger charge is 1.86. The van der Waals surface area contributed by atoms with Crippen LogP contribution in [0.25, 0.3) is 0 Å². The van der Waals surface area contributed by atoms with Crippen molar-refractivity contribution < 1.29 is 5.11 Å². The molecule has 0 amide bonds. The van der Waals surface area contributed by atoms with Gasteiger partial charge in [0, 0.05) is 12.2 Å². The van der Waals surface area contributed by atoms with Gasteiger partial charge < -0.3 is 5.11 Å². The highest BCUT2D eigenvalue weighted by molar-refractivity contribution is 5.19. The average Bonchev–Trinajstić information content (AvgIpc) is 1.91. The standard InChI is InChI=1S/C7H11NO/c1-2-7(6-8)4-3-5-9/h4,9H,2-3,5H2,1H3/b7-4-.